The van der Waals surface area contributed by atoms with Crippen molar-refractivity contribution in [3.05, 3.63) is 35.4 Å². The summed E-state index contributed by atoms with van der Waals surface area (Å²) < 4.78 is 25.0. The van der Waals surface area contributed by atoms with Crippen molar-refractivity contribution in [2.75, 3.05) is 6.26 Å². The molecule has 0 saturated heterocycles. The molecular formula is C19H31N5O5S. The molecule has 0 aliphatic heterocycles. The number of nitrogens with one attached hydrogen (secondary N) is 4. The summed E-state index contributed by atoms with van der Waals surface area (Å²) in [7, 11) is -3.74. The minimum absolute atomic E-state index is 0.0549. The highest BCUT2D eigenvalue weighted by atomic mass is 32.2. The number of aliphatic hydroxyl groups excluding tert-OH is 1. The molecule has 10 nitrogen and oxygen atoms in total. The van der Waals surface area contributed by atoms with Gasteiger partial charge in [0.1, 0.15) is 17.9 Å². The van der Waals surface area contributed by atoms with E-state index in [2.05, 4.69) is 15.4 Å². The maximum Gasteiger partial charge on any atom is 0.242 e. The first-order valence-corrected chi connectivity index (χ1v) is 11.4. The fourth-order valence-electron chi connectivity index (χ4n) is 2.68. The molecular weight excluding hydrogens is 410 g/mol. The summed E-state index contributed by atoms with van der Waals surface area (Å²) in [5.74, 6) is -1.21. The van der Waals surface area contributed by atoms with E-state index in [1.165, 1.54) is 6.92 Å². The molecule has 3 atom stereocenters. The Morgan fingerprint density at radius 3 is 2.13 bits per heavy atom. The molecule has 0 radical (unpaired) electrons. The topological polar surface area (TPSA) is 174 Å². The lowest BCUT2D eigenvalue weighted by atomic mass is 10.0. The molecule has 30 heavy (non-hydrogen) atoms. The zero-order chi connectivity index (χ0) is 23.1. The average Bonchev–Trinajstić information content (AvgIpc) is 2.62. The number of nitrogens with two attached hydrogens (primary N) is 1. The smallest absolute Gasteiger partial charge is 0.242 e. The van der Waals surface area contributed by atoms with Gasteiger partial charge < -0.3 is 21.5 Å². The average molecular weight is 442 g/mol. The first-order valence-electron chi connectivity index (χ1n) is 9.47. The molecule has 0 fully saturated rings. The monoisotopic (exact) mass is 441 g/mol. The molecule has 1 rings (SSSR count). The predicted molar refractivity (Wildman–Crippen MR) is 114 cm³/mol. The molecule has 3 unspecified atom stereocenters. The number of hydrogen-bond donors (Lipinski definition) is 6. The molecule has 0 bridgehead atoms. The van der Waals surface area contributed by atoms with Crippen LogP contribution in [0.15, 0.2) is 24.3 Å². The van der Waals surface area contributed by atoms with Gasteiger partial charge in [0.2, 0.25) is 21.8 Å². The van der Waals surface area contributed by atoms with Gasteiger partial charge >= 0.3 is 0 Å². The van der Waals surface area contributed by atoms with Gasteiger partial charge in [-0.25, -0.2) is 13.1 Å². The fourth-order valence-corrected chi connectivity index (χ4v) is 3.45. The Balaban J connectivity index is 2.84. The molecule has 1 aromatic carbocycles. The van der Waals surface area contributed by atoms with Crippen molar-refractivity contribution in [3.63, 3.8) is 0 Å². The summed E-state index contributed by atoms with van der Waals surface area (Å²) in [5, 5.41) is 22.4. The number of amidine groups is 1. The van der Waals surface area contributed by atoms with Crippen LogP contribution in [0.1, 0.15) is 38.3 Å². The van der Waals surface area contributed by atoms with Crippen LogP contribution in [0.5, 0.6) is 0 Å². The standard InChI is InChI=1S/C19H31N5O5S/c1-11(2)9-15(23-19(27)16(12(3)25)24-30(4,28)29)18(26)22-10-13-5-7-14(8-6-13)17(20)21/h5-8,11-12,15-16,24-25H,9-10H2,1-4H3,(H3,20,21)(H,22,26)(H,23,27). The van der Waals surface area contributed by atoms with Gasteiger partial charge in [-0.15, -0.1) is 0 Å². The van der Waals surface area contributed by atoms with Gasteiger partial charge in [0.05, 0.1) is 12.4 Å². The number of rotatable bonds is 11. The van der Waals surface area contributed by atoms with Crippen LogP contribution in [0.4, 0.5) is 0 Å². The van der Waals surface area contributed by atoms with E-state index in [1.54, 1.807) is 24.3 Å². The van der Waals surface area contributed by atoms with E-state index >= 15 is 0 Å². The van der Waals surface area contributed by atoms with Gasteiger partial charge in [-0.1, -0.05) is 38.1 Å². The van der Waals surface area contributed by atoms with E-state index in [0.717, 1.165) is 11.8 Å². The number of nitrogen functional groups attached to an aromatic ring is 1. The number of benzene rings is 1. The number of carbonyl (C=O) groups excluding carboxylic acids is 2. The summed E-state index contributed by atoms with van der Waals surface area (Å²) in [4.78, 5) is 25.2. The van der Waals surface area contributed by atoms with Gasteiger partial charge in [0.25, 0.3) is 0 Å². The van der Waals surface area contributed by atoms with Crippen LogP contribution in [0.25, 0.3) is 0 Å². The molecule has 11 heteroatoms. The molecule has 7 N–H and O–H groups in total. The zero-order valence-corrected chi connectivity index (χ0v) is 18.4. The molecule has 0 heterocycles. The normalized spacial score (nSPS) is 14.6. The Kier molecular flexibility index (Phi) is 9.40. The van der Waals surface area contributed by atoms with E-state index in [1.807, 2.05) is 13.8 Å². The Hall–Kier alpha value is -2.50. The summed E-state index contributed by atoms with van der Waals surface area (Å²) in [6.07, 6.45) is -0.0836. The zero-order valence-electron chi connectivity index (χ0n) is 17.6. The van der Waals surface area contributed by atoms with Gasteiger partial charge in [-0.05, 0) is 24.8 Å². The van der Waals surface area contributed by atoms with Gasteiger partial charge in [-0.2, -0.15) is 0 Å². The number of sulfonamides is 1. The number of amides is 2. The van der Waals surface area contributed by atoms with Crippen LogP contribution >= 0.6 is 0 Å². The predicted octanol–water partition coefficient (Wildman–Crippen LogP) is -0.584. The van der Waals surface area contributed by atoms with Crippen molar-refractivity contribution in [2.45, 2.75) is 51.9 Å². The van der Waals surface area contributed by atoms with Crippen molar-refractivity contribution >= 4 is 27.7 Å². The van der Waals surface area contributed by atoms with Crippen LogP contribution in [0.2, 0.25) is 0 Å². The number of carbonyl (C=O) groups is 2. The third-order valence-electron chi connectivity index (χ3n) is 4.18. The van der Waals surface area contributed by atoms with E-state index in [-0.39, 0.29) is 18.3 Å². The van der Waals surface area contributed by atoms with Gasteiger partial charge in [0.15, 0.2) is 0 Å². The van der Waals surface area contributed by atoms with Gasteiger partial charge in [-0.3, -0.25) is 15.0 Å². The van der Waals surface area contributed by atoms with Crippen molar-refractivity contribution in [1.82, 2.24) is 15.4 Å². The summed E-state index contributed by atoms with van der Waals surface area (Å²) in [6, 6.07) is 4.47. The lowest BCUT2D eigenvalue weighted by molar-refractivity contribution is -0.131. The highest BCUT2D eigenvalue weighted by molar-refractivity contribution is 7.88. The molecule has 0 aliphatic carbocycles. The highest BCUT2D eigenvalue weighted by Gasteiger charge is 2.30. The Morgan fingerprint density at radius 1 is 1.13 bits per heavy atom. The lowest BCUT2D eigenvalue weighted by Crippen LogP contribution is -2.57. The molecule has 0 aliphatic rings. The van der Waals surface area contributed by atoms with Crippen molar-refractivity contribution in [3.8, 4) is 0 Å². The SMILES string of the molecule is CC(C)CC(NC(=O)C(NS(C)(=O)=O)C(C)O)C(=O)NCc1ccc(C(=N)N)cc1. The summed E-state index contributed by atoms with van der Waals surface area (Å²) in [6.45, 7) is 5.25. The van der Waals surface area contributed by atoms with Gasteiger partial charge in [0, 0.05) is 12.1 Å². The highest BCUT2D eigenvalue weighted by Crippen LogP contribution is 2.08. The molecule has 168 valence electrons. The molecule has 1 aromatic rings. The third kappa shape index (κ3) is 8.89. The van der Waals surface area contributed by atoms with Crippen LogP contribution in [0.3, 0.4) is 0 Å². The summed E-state index contributed by atoms with van der Waals surface area (Å²) >= 11 is 0. The molecule has 0 saturated carbocycles. The Labute approximate surface area is 177 Å². The molecule has 0 spiro atoms. The third-order valence-corrected chi connectivity index (χ3v) is 4.86. The van der Waals surface area contributed by atoms with E-state index in [0.29, 0.717) is 12.0 Å². The Bertz CT molecular complexity index is 853. The summed E-state index contributed by atoms with van der Waals surface area (Å²) in [5.41, 5.74) is 6.76. The quantitative estimate of drug-likeness (QED) is 0.198. The number of aliphatic hydroxyl groups is 1. The number of hydrogen-bond acceptors (Lipinski definition) is 6. The minimum atomic E-state index is -3.74. The van der Waals surface area contributed by atoms with E-state index in [4.69, 9.17) is 11.1 Å². The van der Waals surface area contributed by atoms with Crippen molar-refractivity contribution < 1.29 is 23.1 Å². The first-order chi connectivity index (χ1) is 13.8. The first kappa shape index (κ1) is 25.5. The molecule has 2 amide bonds. The van der Waals surface area contributed by atoms with Crippen molar-refractivity contribution in [2.24, 2.45) is 11.7 Å². The van der Waals surface area contributed by atoms with Crippen molar-refractivity contribution in [1.29, 1.82) is 5.41 Å². The van der Waals surface area contributed by atoms with Crippen LogP contribution in [0, 0.1) is 11.3 Å². The Morgan fingerprint density at radius 2 is 1.70 bits per heavy atom. The fraction of sp³-hybridized carbons (Fsp3) is 0.526. The molecule has 0 aromatic heterocycles. The maximum absolute atomic E-state index is 12.7. The lowest BCUT2D eigenvalue weighted by Gasteiger charge is -2.25. The van der Waals surface area contributed by atoms with Crippen LogP contribution in [-0.4, -0.2) is 55.6 Å². The maximum atomic E-state index is 12.7. The van der Waals surface area contributed by atoms with Crippen LogP contribution in [-0.2, 0) is 26.2 Å². The van der Waals surface area contributed by atoms with Crippen LogP contribution < -0.4 is 21.1 Å². The van der Waals surface area contributed by atoms with E-state index in [9.17, 15) is 23.1 Å². The second-order valence-electron chi connectivity index (χ2n) is 7.63. The van der Waals surface area contributed by atoms with E-state index < -0.39 is 40.0 Å². The minimum Gasteiger partial charge on any atom is -0.391 e. The largest absolute Gasteiger partial charge is 0.391 e. The second-order valence-corrected chi connectivity index (χ2v) is 9.41. The second kappa shape index (κ2) is 11.0.